The maximum atomic E-state index is 12.1. The van der Waals surface area contributed by atoms with Gasteiger partial charge in [0.25, 0.3) is 0 Å². The molecule has 8 heteroatoms. The van der Waals surface area contributed by atoms with Gasteiger partial charge < -0.3 is 14.6 Å². The summed E-state index contributed by atoms with van der Waals surface area (Å²) in [7, 11) is 0. The van der Waals surface area contributed by atoms with E-state index < -0.39 is 35.7 Å². The number of alkyl halides is 3. The number of carbonyl (C=O) groups is 2. The van der Waals surface area contributed by atoms with Crippen LogP contribution in [-0.4, -0.2) is 29.0 Å². The number of benzene rings is 1. The van der Waals surface area contributed by atoms with Crippen molar-refractivity contribution in [2.24, 2.45) is 11.8 Å². The second kappa shape index (κ2) is 7.55. The van der Waals surface area contributed by atoms with Crippen molar-refractivity contribution in [2.45, 2.75) is 51.5 Å². The molecule has 1 aliphatic heterocycles. The first kappa shape index (κ1) is 20.1. The molecule has 26 heavy (non-hydrogen) atoms. The Bertz CT molecular complexity index is 652. The van der Waals surface area contributed by atoms with Crippen molar-refractivity contribution in [3.8, 4) is 5.75 Å². The summed E-state index contributed by atoms with van der Waals surface area (Å²) >= 11 is 0. The van der Waals surface area contributed by atoms with E-state index in [0.717, 1.165) is 5.56 Å². The fraction of sp³-hybridized carbons (Fsp3) is 0.556. The van der Waals surface area contributed by atoms with Crippen molar-refractivity contribution in [3.63, 3.8) is 0 Å². The quantitative estimate of drug-likeness (QED) is 0.732. The van der Waals surface area contributed by atoms with Gasteiger partial charge in [-0.2, -0.15) is 0 Å². The van der Waals surface area contributed by atoms with Gasteiger partial charge in [-0.3, -0.25) is 9.59 Å². The second-order valence-corrected chi connectivity index (χ2v) is 7.02. The number of carbonyl (C=O) groups excluding carboxylic acids is 1. The molecule has 0 radical (unpaired) electrons. The standard InChI is InChI=1S/C18H21F3O5/c1-17(2)10-14(16(24)26-17)13(15(22)23)5-3-4-11-6-8-12(9-7-11)25-18(19,20)21/h6-9,13-14H,3-5,10H2,1-2H3,(H,22,23)/t13-,14+/m1/s1. The smallest absolute Gasteiger partial charge is 0.481 e. The Balaban J connectivity index is 1.90. The van der Waals surface area contributed by atoms with Crippen molar-refractivity contribution < 1.29 is 37.3 Å². The SMILES string of the molecule is CC1(C)C[C@@H]([C@@H](CCCc2ccc(OC(F)(F)F)cc2)C(=O)O)C(=O)O1. The molecule has 1 fully saturated rings. The van der Waals surface area contributed by atoms with Crippen LogP contribution in [0.3, 0.4) is 0 Å². The van der Waals surface area contributed by atoms with Crippen LogP contribution in [0.15, 0.2) is 24.3 Å². The minimum atomic E-state index is -4.74. The average Bonchev–Trinajstić information content (AvgIpc) is 2.76. The summed E-state index contributed by atoms with van der Waals surface area (Å²) in [4.78, 5) is 23.5. The molecule has 1 N–H and O–H groups in total. The lowest BCUT2D eigenvalue weighted by atomic mass is 9.83. The second-order valence-electron chi connectivity index (χ2n) is 7.02. The third-order valence-corrected chi connectivity index (χ3v) is 4.33. The first-order valence-electron chi connectivity index (χ1n) is 8.27. The molecule has 2 atom stereocenters. The van der Waals surface area contributed by atoms with Gasteiger partial charge >= 0.3 is 18.3 Å². The normalized spacial score (nSPS) is 20.5. The Morgan fingerprint density at radius 3 is 2.42 bits per heavy atom. The van der Waals surface area contributed by atoms with Crippen LogP contribution in [-0.2, 0) is 20.7 Å². The summed E-state index contributed by atoms with van der Waals surface area (Å²) in [5.74, 6) is -3.35. The molecular weight excluding hydrogens is 353 g/mol. The van der Waals surface area contributed by atoms with Crippen LogP contribution < -0.4 is 4.74 Å². The minimum absolute atomic E-state index is 0.284. The molecule has 0 amide bonds. The van der Waals surface area contributed by atoms with E-state index in [4.69, 9.17) is 4.74 Å². The molecule has 0 spiro atoms. The predicted molar refractivity (Wildman–Crippen MR) is 85.5 cm³/mol. The predicted octanol–water partition coefficient (Wildman–Crippen LogP) is 3.95. The van der Waals surface area contributed by atoms with Crippen LogP contribution in [0.4, 0.5) is 13.2 Å². The first-order valence-corrected chi connectivity index (χ1v) is 8.27. The van der Waals surface area contributed by atoms with E-state index >= 15 is 0 Å². The minimum Gasteiger partial charge on any atom is -0.481 e. The van der Waals surface area contributed by atoms with Crippen molar-refractivity contribution in [1.29, 1.82) is 0 Å². The summed E-state index contributed by atoms with van der Waals surface area (Å²) in [5.41, 5.74) is 0.0991. The largest absolute Gasteiger partial charge is 0.573 e. The summed E-state index contributed by atoms with van der Waals surface area (Å²) in [5, 5.41) is 9.43. The molecule has 0 aromatic heterocycles. The average molecular weight is 374 g/mol. The van der Waals surface area contributed by atoms with Crippen LogP contribution in [0.5, 0.6) is 5.75 Å². The van der Waals surface area contributed by atoms with Gasteiger partial charge in [-0.15, -0.1) is 13.2 Å². The summed E-state index contributed by atoms with van der Waals surface area (Å²) < 4.78 is 45.4. The summed E-state index contributed by atoms with van der Waals surface area (Å²) in [6, 6.07) is 5.44. The number of carboxylic acids is 1. The highest BCUT2D eigenvalue weighted by Gasteiger charge is 2.46. The fourth-order valence-corrected chi connectivity index (χ4v) is 3.19. The van der Waals surface area contributed by atoms with Crippen molar-refractivity contribution >= 4 is 11.9 Å². The van der Waals surface area contributed by atoms with Crippen LogP contribution in [0.25, 0.3) is 0 Å². The summed E-state index contributed by atoms with van der Waals surface area (Å²) in [6.45, 7) is 3.49. The molecule has 0 unspecified atom stereocenters. The Hall–Kier alpha value is -2.25. The fourth-order valence-electron chi connectivity index (χ4n) is 3.19. The zero-order valence-electron chi connectivity index (χ0n) is 14.5. The third kappa shape index (κ3) is 5.64. The van der Waals surface area contributed by atoms with Gasteiger partial charge in [-0.1, -0.05) is 12.1 Å². The number of halogens is 3. The number of aryl methyl sites for hydroxylation is 1. The number of ether oxygens (including phenoxy) is 2. The number of cyclic esters (lactones) is 1. The molecule has 1 saturated heterocycles. The number of rotatable bonds is 7. The van der Waals surface area contributed by atoms with Crippen molar-refractivity contribution in [2.75, 3.05) is 0 Å². The monoisotopic (exact) mass is 374 g/mol. The van der Waals surface area contributed by atoms with E-state index in [1.165, 1.54) is 24.3 Å². The van der Waals surface area contributed by atoms with E-state index in [0.29, 0.717) is 19.3 Å². The molecule has 0 bridgehead atoms. The number of aliphatic carboxylic acids is 1. The highest BCUT2D eigenvalue weighted by molar-refractivity contribution is 5.82. The molecule has 144 valence electrons. The number of hydrogen-bond donors (Lipinski definition) is 1. The van der Waals surface area contributed by atoms with Gasteiger partial charge in [-0.25, -0.2) is 0 Å². The zero-order chi connectivity index (χ0) is 19.5. The Morgan fingerprint density at radius 2 is 1.96 bits per heavy atom. The molecule has 1 aliphatic rings. The van der Waals surface area contributed by atoms with Gasteiger partial charge in [0.1, 0.15) is 11.4 Å². The molecule has 5 nitrogen and oxygen atoms in total. The lowest BCUT2D eigenvalue weighted by Crippen LogP contribution is -2.27. The van der Waals surface area contributed by atoms with Gasteiger partial charge in [0.05, 0.1) is 11.8 Å². The van der Waals surface area contributed by atoms with E-state index in [2.05, 4.69) is 4.74 Å². The highest BCUT2D eigenvalue weighted by atomic mass is 19.4. The third-order valence-electron chi connectivity index (χ3n) is 4.33. The lowest BCUT2D eigenvalue weighted by Gasteiger charge is -2.17. The number of carboxylic acid groups (broad SMARTS) is 1. The van der Waals surface area contributed by atoms with E-state index in [9.17, 15) is 27.9 Å². The van der Waals surface area contributed by atoms with E-state index in [1.807, 2.05) is 0 Å². The lowest BCUT2D eigenvalue weighted by molar-refractivity contribution is -0.274. The van der Waals surface area contributed by atoms with E-state index in [1.54, 1.807) is 13.8 Å². The van der Waals surface area contributed by atoms with E-state index in [-0.39, 0.29) is 12.2 Å². The van der Waals surface area contributed by atoms with Crippen LogP contribution in [0.2, 0.25) is 0 Å². The Kier molecular flexibility index (Phi) is 5.83. The summed E-state index contributed by atoms with van der Waals surface area (Å²) in [6.07, 6.45) is -3.12. The molecule has 1 aromatic carbocycles. The number of hydrogen-bond acceptors (Lipinski definition) is 4. The maximum absolute atomic E-state index is 12.1. The molecule has 1 aromatic rings. The Morgan fingerprint density at radius 1 is 1.35 bits per heavy atom. The van der Waals surface area contributed by atoms with Crippen LogP contribution >= 0.6 is 0 Å². The number of esters is 1. The molecule has 0 saturated carbocycles. The maximum Gasteiger partial charge on any atom is 0.573 e. The highest BCUT2D eigenvalue weighted by Crippen LogP contribution is 2.37. The van der Waals surface area contributed by atoms with Crippen LogP contribution in [0, 0.1) is 11.8 Å². The molecule has 0 aliphatic carbocycles. The first-order chi connectivity index (χ1) is 12.0. The Labute approximate surface area is 149 Å². The molecular formula is C18H21F3O5. The van der Waals surface area contributed by atoms with Crippen LogP contribution in [0.1, 0.15) is 38.7 Å². The molecule has 2 rings (SSSR count). The van der Waals surface area contributed by atoms with Crippen molar-refractivity contribution in [1.82, 2.24) is 0 Å². The molecule has 1 heterocycles. The van der Waals surface area contributed by atoms with Crippen molar-refractivity contribution in [3.05, 3.63) is 29.8 Å². The van der Waals surface area contributed by atoms with Gasteiger partial charge in [-0.05, 0) is 50.8 Å². The zero-order valence-corrected chi connectivity index (χ0v) is 14.5. The van der Waals surface area contributed by atoms with Gasteiger partial charge in [0.2, 0.25) is 0 Å². The van der Waals surface area contributed by atoms with Gasteiger partial charge in [0.15, 0.2) is 0 Å². The topological polar surface area (TPSA) is 72.8 Å². The van der Waals surface area contributed by atoms with Gasteiger partial charge in [0, 0.05) is 6.42 Å².